The Bertz CT molecular complexity index is 2450. The van der Waals surface area contributed by atoms with Crippen molar-refractivity contribution in [3.05, 3.63) is 154 Å². The number of Topliss-reactive ketones (excluding diaryl/α,β-unsaturated/α-hetero) is 2. The van der Waals surface area contributed by atoms with Gasteiger partial charge in [-0.15, -0.1) is 0 Å². The summed E-state index contributed by atoms with van der Waals surface area (Å²) in [7, 11) is -4.97. The highest BCUT2D eigenvalue weighted by atomic mass is 79.9. The molecule has 2 amide bonds. The summed E-state index contributed by atoms with van der Waals surface area (Å²) in [5.41, 5.74) is -1.36. The van der Waals surface area contributed by atoms with E-state index in [0.717, 1.165) is 0 Å². The number of benzene rings is 5. The van der Waals surface area contributed by atoms with Crippen LogP contribution in [0.15, 0.2) is 120 Å². The molecule has 1 heterocycles. The summed E-state index contributed by atoms with van der Waals surface area (Å²) in [6, 6.07) is 23.5. The summed E-state index contributed by atoms with van der Waals surface area (Å²) in [4.78, 5) is 54.7. The van der Waals surface area contributed by atoms with Crippen molar-refractivity contribution in [1.82, 2.24) is 10.6 Å². The Balaban J connectivity index is 1.55. The lowest BCUT2D eigenvalue weighted by molar-refractivity contribution is -0.121. The highest BCUT2D eigenvalue weighted by Crippen LogP contribution is 2.55. The third-order valence-corrected chi connectivity index (χ3v) is 13.1. The van der Waals surface area contributed by atoms with Gasteiger partial charge in [0.15, 0.2) is 17.2 Å². The molecule has 0 fully saturated rings. The van der Waals surface area contributed by atoms with Crippen LogP contribution in [0.1, 0.15) is 62.4 Å². The first-order valence-electron chi connectivity index (χ1n) is 17.2. The average molecular weight is 1050 g/mol. The maximum Gasteiger partial charge on any atom is 0.299 e. The quantitative estimate of drug-likeness (QED) is 0.0713. The zero-order valence-electron chi connectivity index (χ0n) is 30.0. The van der Waals surface area contributed by atoms with E-state index < -0.39 is 61.6 Å². The molecule has 6 rings (SSSR count). The van der Waals surface area contributed by atoms with Gasteiger partial charge in [0, 0.05) is 11.1 Å². The third-order valence-electron chi connectivity index (χ3n) is 9.34. The Labute approximate surface area is 361 Å². The molecule has 1 aliphatic heterocycles. The molecular formula is C41H32Br4N2O9S. The lowest BCUT2D eigenvalue weighted by atomic mass is 9.78. The number of amides is 2. The minimum Gasteiger partial charge on any atom is -0.506 e. The highest BCUT2D eigenvalue weighted by molar-refractivity contribution is 9.11. The fourth-order valence-electron chi connectivity index (χ4n) is 6.66. The van der Waals surface area contributed by atoms with Crippen molar-refractivity contribution >= 4 is 97.2 Å². The standard InChI is InChI=1S/C41H32Br4N2O9S/c1-21(46-33(48)15-23-9-5-3-6-10-23)36(50)27-13-14-28-40(35(27)37(51)22(2)47-34(49)16-24-11-7-4-8-12-24)57(54,55)56-41(28,25-17-29(42)38(52)30(43)18-25)26-19-31(44)39(53)32(45)20-26/h3-14,17-22,52-53H,15-16H2,1-2H3,(H,46,48)(H,47,49)/t21-,22-/m0/s1. The van der Waals surface area contributed by atoms with Gasteiger partial charge in [-0.3, -0.25) is 19.2 Å². The van der Waals surface area contributed by atoms with Gasteiger partial charge < -0.3 is 20.8 Å². The van der Waals surface area contributed by atoms with E-state index in [1.807, 2.05) is 0 Å². The number of rotatable bonds is 12. The molecular weight excluding hydrogens is 1020 g/mol. The Morgan fingerprint density at radius 1 is 0.649 bits per heavy atom. The Kier molecular flexibility index (Phi) is 12.6. The van der Waals surface area contributed by atoms with Gasteiger partial charge in [-0.05, 0) is 124 Å². The molecule has 1 aliphatic rings. The molecule has 0 saturated carbocycles. The molecule has 11 nitrogen and oxygen atoms in total. The summed E-state index contributed by atoms with van der Waals surface area (Å²) in [5, 5.41) is 26.6. The molecule has 5 aromatic carbocycles. The molecule has 0 saturated heterocycles. The maximum absolute atomic E-state index is 14.7. The Morgan fingerprint density at radius 3 is 1.47 bits per heavy atom. The number of aromatic hydroxyl groups is 2. The van der Waals surface area contributed by atoms with Crippen LogP contribution in [-0.4, -0.2) is 54.1 Å². The number of ketones is 2. The molecule has 0 spiro atoms. The number of phenols is 2. The van der Waals surface area contributed by atoms with Crippen LogP contribution < -0.4 is 10.6 Å². The van der Waals surface area contributed by atoms with Gasteiger partial charge in [-0.1, -0.05) is 72.8 Å². The van der Waals surface area contributed by atoms with Crippen molar-refractivity contribution < 1.29 is 42.0 Å². The zero-order chi connectivity index (χ0) is 41.4. The Morgan fingerprint density at radius 2 is 1.05 bits per heavy atom. The van der Waals surface area contributed by atoms with Crippen LogP contribution in [0.4, 0.5) is 0 Å². The fraction of sp³-hybridized carbons (Fsp3) is 0.171. The van der Waals surface area contributed by atoms with Gasteiger partial charge in [0.05, 0.1) is 48.4 Å². The van der Waals surface area contributed by atoms with E-state index in [9.17, 15) is 37.8 Å². The second-order valence-electron chi connectivity index (χ2n) is 13.3. The van der Waals surface area contributed by atoms with E-state index in [-0.39, 0.29) is 64.5 Å². The van der Waals surface area contributed by atoms with Crippen LogP contribution in [0.2, 0.25) is 0 Å². The minimum absolute atomic E-state index is 0.0425. The molecule has 16 heteroatoms. The number of carbonyl (C=O) groups is 4. The molecule has 57 heavy (non-hydrogen) atoms. The topological polar surface area (TPSA) is 176 Å². The summed E-state index contributed by atoms with van der Waals surface area (Å²) in [6.45, 7) is 2.80. The predicted octanol–water partition coefficient (Wildman–Crippen LogP) is 8.02. The van der Waals surface area contributed by atoms with Crippen molar-refractivity contribution in [3.63, 3.8) is 0 Å². The molecule has 4 N–H and O–H groups in total. The fourth-order valence-corrected chi connectivity index (χ4v) is 10.7. The van der Waals surface area contributed by atoms with E-state index in [4.69, 9.17) is 4.18 Å². The van der Waals surface area contributed by atoms with Crippen LogP contribution in [0.3, 0.4) is 0 Å². The van der Waals surface area contributed by atoms with Gasteiger partial charge >= 0.3 is 0 Å². The number of carbonyl (C=O) groups excluding carboxylic acids is 4. The summed E-state index contributed by atoms with van der Waals surface area (Å²) < 4.78 is 36.1. The Hall–Kier alpha value is -4.19. The first-order valence-corrected chi connectivity index (χ1v) is 21.8. The first-order chi connectivity index (χ1) is 26.9. The number of phenolic OH excluding ortho intramolecular Hbond substituents is 2. The largest absolute Gasteiger partial charge is 0.506 e. The van der Waals surface area contributed by atoms with Crippen molar-refractivity contribution in [1.29, 1.82) is 0 Å². The monoisotopic (exact) mass is 1040 g/mol. The van der Waals surface area contributed by atoms with Gasteiger partial charge in [0.1, 0.15) is 16.4 Å². The number of hydrogen-bond acceptors (Lipinski definition) is 9. The molecule has 294 valence electrons. The van der Waals surface area contributed by atoms with E-state index in [2.05, 4.69) is 74.4 Å². The third kappa shape index (κ3) is 8.52. The van der Waals surface area contributed by atoms with E-state index in [1.165, 1.54) is 50.2 Å². The maximum atomic E-state index is 14.7. The van der Waals surface area contributed by atoms with E-state index in [0.29, 0.717) is 11.1 Å². The predicted molar refractivity (Wildman–Crippen MR) is 226 cm³/mol. The normalized spacial score (nSPS) is 14.9. The van der Waals surface area contributed by atoms with Gasteiger partial charge in [0.2, 0.25) is 11.8 Å². The highest BCUT2D eigenvalue weighted by Gasteiger charge is 2.54. The molecule has 0 bridgehead atoms. The van der Waals surface area contributed by atoms with Crippen molar-refractivity contribution in [3.8, 4) is 11.5 Å². The lowest BCUT2D eigenvalue weighted by Crippen LogP contribution is -2.42. The number of hydrogen-bond donors (Lipinski definition) is 4. The SMILES string of the molecule is C[C@H](NC(=O)Cc1ccccc1)C(=O)c1ccc2c(c1C(=O)[C@H](C)NC(=O)Cc1ccccc1)S(=O)(=O)OC2(c1cc(Br)c(O)c(Br)c1)c1cc(Br)c(O)c(Br)c1. The van der Waals surface area contributed by atoms with Crippen LogP contribution in [-0.2, 0) is 42.3 Å². The van der Waals surface area contributed by atoms with Gasteiger partial charge in [-0.2, -0.15) is 8.42 Å². The second-order valence-corrected chi connectivity index (χ2v) is 18.2. The zero-order valence-corrected chi connectivity index (χ0v) is 37.1. The molecule has 2 atom stereocenters. The summed E-state index contributed by atoms with van der Waals surface area (Å²) in [5.74, 6) is -3.09. The second kappa shape index (κ2) is 17.0. The lowest BCUT2D eigenvalue weighted by Gasteiger charge is -2.30. The molecule has 0 aromatic heterocycles. The molecule has 0 unspecified atom stereocenters. The summed E-state index contributed by atoms with van der Waals surface area (Å²) >= 11 is 13.3. The smallest absolute Gasteiger partial charge is 0.299 e. The van der Waals surface area contributed by atoms with Crippen LogP contribution in [0.25, 0.3) is 0 Å². The van der Waals surface area contributed by atoms with Crippen LogP contribution in [0.5, 0.6) is 11.5 Å². The van der Waals surface area contributed by atoms with Gasteiger partial charge in [-0.25, -0.2) is 4.18 Å². The average Bonchev–Trinajstić information content (AvgIpc) is 3.42. The van der Waals surface area contributed by atoms with Crippen molar-refractivity contribution in [2.24, 2.45) is 0 Å². The molecule has 5 aromatic rings. The molecule has 0 radical (unpaired) electrons. The van der Waals surface area contributed by atoms with Crippen molar-refractivity contribution in [2.75, 3.05) is 0 Å². The number of nitrogens with one attached hydrogen (secondary N) is 2. The minimum atomic E-state index is -4.97. The van der Waals surface area contributed by atoms with Crippen LogP contribution >= 0.6 is 63.7 Å². The first kappa shape index (κ1) is 42.4. The number of fused-ring (bicyclic) bond motifs is 1. The number of halogens is 4. The van der Waals surface area contributed by atoms with Crippen LogP contribution in [0, 0.1) is 0 Å². The summed E-state index contributed by atoms with van der Waals surface area (Å²) in [6.07, 6.45) is -0.124. The van der Waals surface area contributed by atoms with Crippen molar-refractivity contribution in [2.45, 2.75) is 49.3 Å². The van der Waals surface area contributed by atoms with E-state index >= 15 is 0 Å². The van der Waals surface area contributed by atoms with E-state index in [1.54, 1.807) is 60.7 Å². The molecule has 0 aliphatic carbocycles. The van der Waals surface area contributed by atoms with Gasteiger partial charge in [0.25, 0.3) is 10.1 Å².